The van der Waals surface area contributed by atoms with Gasteiger partial charge in [0.25, 0.3) is 0 Å². The lowest BCUT2D eigenvalue weighted by Gasteiger charge is -2.39. The average Bonchev–Trinajstić information content (AvgIpc) is 3.00. The zero-order valence-corrected chi connectivity index (χ0v) is 18.0. The van der Waals surface area contributed by atoms with Crippen molar-refractivity contribution in [2.45, 2.75) is 32.9 Å². The predicted octanol–water partition coefficient (Wildman–Crippen LogP) is 4.34. The van der Waals surface area contributed by atoms with Gasteiger partial charge in [-0.15, -0.1) is 0 Å². The van der Waals surface area contributed by atoms with E-state index in [1.807, 2.05) is 17.9 Å². The number of halogens is 1. The molecule has 0 amide bonds. The van der Waals surface area contributed by atoms with E-state index in [0.717, 1.165) is 11.3 Å². The predicted molar refractivity (Wildman–Crippen MR) is 116 cm³/mol. The number of ether oxygens (including phenoxy) is 2. The summed E-state index contributed by atoms with van der Waals surface area (Å²) in [6, 6.07) is 12.4. The van der Waals surface area contributed by atoms with Crippen molar-refractivity contribution >= 4 is 28.9 Å². The first kappa shape index (κ1) is 21.9. The van der Waals surface area contributed by atoms with Gasteiger partial charge in [0, 0.05) is 18.6 Å². The summed E-state index contributed by atoms with van der Waals surface area (Å²) in [5.41, 5.74) is 2.46. The number of carbonyl (C=O) groups excluding carboxylic acids is 1. The molecule has 2 aromatic rings. The number of esters is 1. The van der Waals surface area contributed by atoms with Crippen molar-refractivity contribution in [1.29, 1.82) is 5.26 Å². The molecule has 3 rings (SSSR count). The third-order valence-corrected chi connectivity index (χ3v) is 5.57. The molecule has 7 nitrogen and oxygen atoms in total. The molecule has 158 valence electrons. The van der Waals surface area contributed by atoms with Gasteiger partial charge in [-0.1, -0.05) is 18.5 Å². The SMILES string of the molecule is CC[C@H](COC(C)=O)N1C[N+]([O-])(Cc2ccc(OC)c(Cl)c2)c2cc(C#N)ccc21. The number of quaternary nitrogens is 1. The second kappa shape index (κ2) is 8.92. The summed E-state index contributed by atoms with van der Waals surface area (Å²) in [6.45, 7) is 3.84. The molecule has 0 saturated carbocycles. The highest BCUT2D eigenvalue weighted by molar-refractivity contribution is 6.32. The fourth-order valence-corrected chi connectivity index (χ4v) is 4.03. The molecule has 0 fully saturated rings. The zero-order chi connectivity index (χ0) is 21.9. The number of anilines is 1. The summed E-state index contributed by atoms with van der Waals surface area (Å²) < 4.78 is 9.75. The Kier molecular flexibility index (Phi) is 6.52. The largest absolute Gasteiger partial charge is 0.626 e. The van der Waals surface area contributed by atoms with Crippen LogP contribution in [0.1, 0.15) is 31.4 Å². The summed E-state index contributed by atoms with van der Waals surface area (Å²) in [4.78, 5) is 13.3. The summed E-state index contributed by atoms with van der Waals surface area (Å²) in [7, 11) is 1.54. The third-order valence-electron chi connectivity index (χ3n) is 5.28. The number of fused-ring (bicyclic) bond motifs is 1. The van der Waals surface area contributed by atoms with Crippen LogP contribution in [-0.2, 0) is 16.1 Å². The van der Waals surface area contributed by atoms with E-state index in [-0.39, 0.29) is 31.8 Å². The Bertz CT molecular complexity index is 991. The van der Waals surface area contributed by atoms with Crippen molar-refractivity contribution in [2.24, 2.45) is 0 Å². The quantitative estimate of drug-likeness (QED) is 0.369. The lowest BCUT2D eigenvalue weighted by molar-refractivity contribution is -0.141. The fourth-order valence-electron chi connectivity index (χ4n) is 3.75. The highest BCUT2D eigenvalue weighted by Gasteiger charge is 2.40. The van der Waals surface area contributed by atoms with Crippen LogP contribution in [0, 0.1) is 16.5 Å². The first-order chi connectivity index (χ1) is 14.3. The minimum absolute atomic E-state index is 0.144. The minimum atomic E-state index is -0.663. The molecule has 1 unspecified atom stereocenters. The summed E-state index contributed by atoms with van der Waals surface area (Å²) in [6.07, 6.45) is 0.696. The average molecular weight is 430 g/mol. The number of nitriles is 1. The number of hydrogen-bond acceptors (Lipinski definition) is 6. The molecule has 0 bridgehead atoms. The van der Waals surface area contributed by atoms with E-state index in [1.165, 1.54) is 14.0 Å². The Balaban J connectivity index is 1.98. The molecule has 0 saturated heterocycles. The molecule has 0 N–H and O–H groups in total. The van der Waals surface area contributed by atoms with Crippen LogP contribution in [0.15, 0.2) is 36.4 Å². The Hall–Kier alpha value is -2.79. The first-order valence-electron chi connectivity index (χ1n) is 9.66. The van der Waals surface area contributed by atoms with Crippen molar-refractivity contribution in [3.63, 3.8) is 0 Å². The minimum Gasteiger partial charge on any atom is -0.626 e. The van der Waals surface area contributed by atoms with Gasteiger partial charge in [-0.25, -0.2) is 0 Å². The molecule has 1 aliphatic rings. The maximum absolute atomic E-state index is 14.0. The number of nitrogens with zero attached hydrogens (tertiary/aromatic N) is 3. The lowest BCUT2D eigenvalue weighted by Crippen LogP contribution is -2.49. The van der Waals surface area contributed by atoms with Crippen LogP contribution in [0.5, 0.6) is 5.75 Å². The zero-order valence-electron chi connectivity index (χ0n) is 17.2. The van der Waals surface area contributed by atoms with Crippen LogP contribution >= 0.6 is 11.6 Å². The molecule has 1 aliphatic heterocycles. The molecule has 0 aromatic heterocycles. The van der Waals surface area contributed by atoms with Gasteiger partial charge in [-0.05, 0) is 36.8 Å². The molecule has 0 radical (unpaired) electrons. The highest BCUT2D eigenvalue weighted by Crippen LogP contribution is 2.44. The summed E-state index contributed by atoms with van der Waals surface area (Å²) in [5.74, 6) is 0.184. The van der Waals surface area contributed by atoms with Gasteiger partial charge in [0.05, 0.1) is 29.8 Å². The van der Waals surface area contributed by atoms with E-state index in [2.05, 4.69) is 6.07 Å². The van der Waals surface area contributed by atoms with Crippen LogP contribution < -0.4 is 14.3 Å². The van der Waals surface area contributed by atoms with Crippen LogP contribution in [0.25, 0.3) is 0 Å². The summed E-state index contributed by atoms with van der Waals surface area (Å²) >= 11 is 6.24. The standard InChI is InChI=1S/C22H24ClN3O4/c1-4-18(13-30-15(2)27)25-14-26(28,21-10-16(11-24)5-7-20(21)25)12-17-6-8-22(29-3)19(23)9-17/h5-10,18H,4,12-14H2,1-3H3/t18-,26?/m1/s1. The number of hydroxylamine groups is 2. The van der Waals surface area contributed by atoms with Crippen LogP contribution in [0.2, 0.25) is 5.02 Å². The Morgan fingerprint density at radius 1 is 1.37 bits per heavy atom. The van der Waals surface area contributed by atoms with Gasteiger partial charge >= 0.3 is 5.97 Å². The number of rotatable bonds is 7. The van der Waals surface area contributed by atoms with E-state index in [1.54, 1.807) is 30.3 Å². The van der Waals surface area contributed by atoms with Crippen molar-refractivity contribution in [3.8, 4) is 11.8 Å². The van der Waals surface area contributed by atoms with E-state index in [0.29, 0.717) is 28.4 Å². The fraction of sp³-hybridized carbons (Fsp3) is 0.364. The molecule has 30 heavy (non-hydrogen) atoms. The number of methoxy groups -OCH3 is 1. The molecular weight excluding hydrogens is 406 g/mol. The summed E-state index contributed by atoms with van der Waals surface area (Å²) in [5, 5.41) is 23.8. The maximum atomic E-state index is 14.0. The van der Waals surface area contributed by atoms with E-state index in [4.69, 9.17) is 21.1 Å². The number of carbonyl (C=O) groups is 1. The Morgan fingerprint density at radius 2 is 2.13 bits per heavy atom. The Labute approximate surface area is 181 Å². The first-order valence-corrected chi connectivity index (χ1v) is 10.0. The molecule has 8 heteroatoms. The lowest BCUT2D eigenvalue weighted by atomic mass is 10.1. The van der Waals surface area contributed by atoms with Gasteiger partial charge in [0.15, 0.2) is 12.4 Å². The van der Waals surface area contributed by atoms with Gasteiger partial charge in [0.1, 0.15) is 24.6 Å². The van der Waals surface area contributed by atoms with E-state index >= 15 is 0 Å². The molecular formula is C22H24ClN3O4. The van der Waals surface area contributed by atoms with Crippen molar-refractivity contribution in [2.75, 3.05) is 25.3 Å². The molecule has 0 spiro atoms. The number of hydrogen-bond donors (Lipinski definition) is 0. The highest BCUT2D eigenvalue weighted by atomic mass is 35.5. The number of benzene rings is 2. The maximum Gasteiger partial charge on any atom is 0.302 e. The van der Waals surface area contributed by atoms with Crippen LogP contribution in [-0.4, -0.2) is 32.4 Å². The third kappa shape index (κ3) is 4.36. The van der Waals surface area contributed by atoms with Crippen molar-refractivity contribution in [1.82, 2.24) is 4.65 Å². The second-order valence-corrected chi connectivity index (χ2v) is 7.71. The molecule has 0 aliphatic carbocycles. The van der Waals surface area contributed by atoms with E-state index < -0.39 is 4.65 Å². The smallest absolute Gasteiger partial charge is 0.302 e. The van der Waals surface area contributed by atoms with Crippen molar-refractivity contribution in [3.05, 3.63) is 57.8 Å². The second-order valence-electron chi connectivity index (χ2n) is 7.31. The van der Waals surface area contributed by atoms with Gasteiger partial charge < -0.3 is 24.2 Å². The van der Waals surface area contributed by atoms with Gasteiger partial charge in [-0.2, -0.15) is 5.26 Å². The van der Waals surface area contributed by atoms with Crippen LogP contribution in [0.4, 0.5) is 11.4 Å². The van der Waals surface area contributed by atoms with Crippen molar-refractivity contribution < 1.29 is 14.3 Å². The van der Waals surface area contributed by atoms with Gasteiger partial charge in [0.2, 0.25) is 0 Å². The van der Waals surface area contributed by atoms with Crippen LogP contribution in [0.3, 0.4) is 0 Å². The van der Waals surface area contributed by atoms with E-state index in [9.17, 15) is 15.3 Å². The topological polar surface area (TPSA) is 85.6 Å². The normalized spacial score (nSPS) is 18.5. The molecule has 2 atom stereocenters. The molecule has 1 heterocycles. The monoisotopic (exact) mass is 429 g/mol. The van der Waals surface area contributed by atoms with Gasteiger partial charge in [-0.3, -0.25) is 4.79 Å². The molecule has 2 aromatic carbocycles. The Morgan fingerprint density at radius 3 is 2.73 bits per heavy atom.